The van der Waals surface area contributed by atoms with E-state index in [4.69, 9.17) is 0 Å². The average Bonchev–Trinajstić information content (AvgIpc) is 2.60. The van der Waals surface area contributed by atoms with Gasteiger partial charge in [0, 0.05) is 35.8 Å². The summed E-state index contributed by atoms with van der Waals surface area (Å²) < 4.78 is 0. The molecule has 25 heavy (non-hydrogen) atoms. The highest BCUT2D eigenvalue weighted by Gasteiger charge is 2.17. The van der Waals surface area contributed by atoms with Gasteiger partial charge in [-0.25, -0.2) is 0 Å². The second-order valence-corrected chi connectivity index (χ2v) is 6.80. The van der Waals surface area contributed by atoms with Crippen LogP contribution in [0.1, 0.15) is 20.7 Å². The minimum atomic E-state index is -0.304. The highest BCUT2D eigenvalue weighted by Crippen LogP contribution is 2.32. The Morgan fingerprint density at radius 1 is 1.12 bits per heavy atom. The maximum absolute atomic E-state index is 12.5. The van der Waals surface area contributed by atoms with E-state index in [1.54, 1.807) is 50.5 Å². The fraction of sp³-hybridized carbons (Fsp3) is 0.167. The molecule has 0 saturated heterocycles. The lowest BCUT2D eigenvalue weighted by atomic mass is 10.1. The van der Waals surface area contributed by atoms with E-state index in [0.717, 1.165) is 4.90 Å². The number of benzene rings is 2. The minimum absolute atomic E-state index is 0.0787. The summed E-state index contributed by atoms with van der Waals surface area (Å²) in [4.78, 5) is 38.4. The topological polar surface area (TPSA) is 78.5 Å². The molecule has 0 radical (unpaired) electrons. The number of hydrogen-bond donors (Lipinski definition) is 2. The largest absolute Gasteiger partial charge is 0.345 e. The van der Waals surface area contributed by atoms with Gasteiger partial charge < -0.3 is 15.5 Å². The van der Waals surface area contributed by atoms with Gasteiger partial charge in [0.15, 0.2) is 0 Å². The first-order valence-corrected chi connectivity index (χ1v) is 8.62. The van der Waals surface area contributed by atoms with Crippen LogP contribution in [0.5, 0.6) is 0 Å². The number of thioether (sulfide) groups is 1. The molecule has 0 aliphatic carbocycles. The van der Waals surface area contributed by atoms with Crippen molar-refractivity contribution in [1.29, 1.82) is 0 Å². The van der Waals surface area contributed by atoms with Crippen LogP contribution in [0.4, 0.5) is 11.4 Å². The molecule has 0 fully saturated rings. The summed E-state index contributed by atoms with van der Waals surface area (Å²) in [6.45, 7) is 0. The number of hydrogen-bond acceptors (Lipinski definition) is 4. The summed E-state index contributed by atoms with van der Waals surface area (Å²) in [5.74, 6) is -0.137. The van der Waals surface area contributed by atoms with Crippen molar-refractivity contribution in [2.75, 3.05) is 30.5 Å². The molecule has 2 aromatic rings. The van der Waals surface area contributed by atoms with Gasteiger partial charge in [0.25, 0.3) is 11.8 Å². The molecule has 6 nitrogen and oxygen atoms in total. The Bertz CT molecular complexity index is 864. The summed E-state index contributed by atoms with van der Waals surface area (Å²) in [7, 11) is 3.35. The molecule has 1 heterocycles. The van der Waals surface area contributed by atoms with Gasteiger partial charge in [0.1, 0.15) is 0 Å². The highest BCUT2D eigenvalue weighted by atomic mass is 32.2. The monoisotopic (exact) mass is 355 g/mol. The molecule has 0 spiro atoms. The molecule has 0 atom stereocenters. The predicted octanol–water partition coefficient (Wildman–Crippen LogP) is 2.68. The normalized spacial score (nSPS) is 12.8. The van der Waals surface area contributed by atoms with Gasteiger partial charge in [-0.15, -0.1) is 11.8 Å². The Kier molecular flexibility index (Phi) is 4.76. The zero-order valence-electron chi connectivity index (χ0n) is 13.8. The lowest BCUT2D eigenvalue weighted by molar-refractivity contribution is -0.113. The first-order valence-electron chi connectivity index (χ1n) is 7.64. The Morgan fingerprint density at radius 3 is 2.68 bits per heavy atom. The zero-order valence-corrected chi connectivity index (χ0v) is 14.6. The molecule has 0 saturated carbocycles. The maximum atomic E-state index is 12.5. The third kappa shape index (κ3) is 3.83. The van der Waals surface area contributed by atoms with Crippen molar-refractivity contribution < 1.29 is 14.4 Å². The van der Waals surface area contributed by atoms with Gasteiger partial charge in [0.05, 0.1) is 11.4 Å². The van der Waals surface area contributed by atoms with Crippen LogP contribution in [-0.4, -0.2) is 42.5 Å². The summed E-state index contributed by atoms with van der Waals surface area (Å²) in [6, 6.07) is 12.0. The smallest absolute Gasteiger partial charge is 0.255 e. The van der Waals surface area contributed by atoms with Crippen LogP contribution < -0.4 is 10.6 Å². The van der Waals surface area contributed by atoms with E-state index in [2.05, 4.69) is 10.6 Å². The number of nitrogens with zero attached hydrogens (tertiary/aromatic N) is 1. The molecule has 0 bridgehead atoms. The Morgan fingerprint density at radius 2 is 1.92 bits per heavy atom. The van der Waals surface area contributed by atoms with E-state index in [9.17, 15) is 14.4 Å². The van der Waals surface area contributed by atoms with Crippen LogP contribution in [0, 0.1) is 0 Å². The van der Waals surface area contributed by atoms with Crippen LogP contribution in [-0.2, 0) is 4.79 Å². The molecule has 0 unspecified atom stereocenters. The van der Waals surface area contributed by atoms with Crippen LogP contribution in [0.2, 0.25) is 0 Å². The first kappa shape index (κ1) is 17.0. The van der Waals surface area contributed by atoms with Crippen molar-refractivity contribution in [2.45, 2.75) is 4.90 Å². The van der Waals surface area contributed by atoms with Crippen LogP contribution in [0.3, 0.4) is 0 Å². The second kappa shape index (κ2) is 6.98. The summed E-state index contributed by atoms with van der Waals surface area (Å²) >= 11 is 1.44. The minimum Gasteiger partial charge on any atom is -0.345 e. The number of amides is 3. The number of nitrogens with one attached hydrogen (secondary N) is 2. The van der Waals surface area contributed by atoms with Gasteiger partial charge in [0.2, 0.25) is 5.91 Å². The predicted molar refractivity (Wildman–Crippen MR) is 98.2 cm³/mol. The fourth-order valence-electron chi connectivity index (χ4n) is 2.42. The maximum Gasteiger partial charge on any atom is 0.255 e. The van der Waals surface area contributed by atoms with Gasteiger partial charge in [-0.2, -0.15) is 0 Å². The average molecular weight is 355 g/mol. The summed E-state index contributed by atoms with van der Waals surface area (Å²) in [5, 5.41) is 5.55. The highest BCUT2D eigenvalue weighted by molar-refractivity contribution is 8.00. The fourth-order valence-corrected chi connectivity index (χ4v) is 3.20. The molecule has 0 aromatic heterocycles. The van der Waals surface area contributed by atoms with Crippen molar-refractivity contribution in [3.8, 4) is 0 Å². The lowest BCUT2D eigenvalue weighted by Gasteiger charge is -2.17. The van der Waals surface area contributed by atoms with E-state index in [1.807, 2.05) is 6.07 Å². The SMILES string of the molecule is CN(C)C(=O)c1cccc(NC(=O)c2ccc3c(c2)NC(=O)CS3)c1. The molecule has 1 aliphatic heterocycles. The number of carbonyl (C=O) groups is 3. The number of anilines is 2. The molecule has 2 N–H and O–H groups in total. The number of rotatable bonds is 3. The van der Waals surface area contributed by atoms with Crippen molar-refractivity contribution in [3.05, 3.63) is 53.6 Å². The summed E-state index contributed by atoms with van der Waals surface area (Å²) in [5.41, 5.74) is 2.11. The zero-order chi connectivity index (χ0) is 18.0. The Balaban J connectivity index is 1.79. The quantitative estimate of drug-likeness (QED) is 0.887. The van der Waals surface area contributed by atoms with Gasteiger partial charge in [-0.1, -0.05) is 6.07 Å². The second-order valence-electron chi connectivity index (χ2n) is 5.78. The van der Waals surface area contributed by atoms with Crippen LogP contribution in [0.25, 0.3) is 0 Å². The van der Waals surface area contributed by atoms with Crippen molar-refractivity contribution in [1.82, 2.24) is 4.90 Å². The first-order chi connectivity index (χ1) is 11.9. The van der Waals surface area contributed by atoms with E-state index >= 15 is 0 Å². The Labute approximate surface area is 149 Å². The van der Waals surface area contributed by atoms with Crippen LogP contribution >= 0.6 is 11.8 Å². The molecular weight excluding hydrogens is 338 g/mol. The van der Waals surface area contributed by atoms with Crippen LogP contribution in [0.15, 0.2) is 47.4 Å². The molecule has 2 aromatic carbocycles. The van der Waals surface area contributed by atoms with Gasteiger partial charge in [-0.3, -0.25) is 14.4 Å². The molecule has 7 heteroatoms. The molecular formula is C18H17N3O3S. The third-order valence-corrected chi connectivity index (χ3v) is 4.72. The van der Waals surface area contributed by atoms with Crippen molar-refractivity contribution in [2.24, 2.45) is 0 Å². The number of carbonyl (C=O) groups excluding carboxylic acids is 3. The van der Waals surface area contributed by atoms with E-state index in [0.29, 0.717) is 28.3 Å². The summed E-state index contributed by atoms with van der Waals surface area (Å²) in [6.07, 6.45) is 0. The van der Waals surface area contributed by atoms with Gasteiger partial charge in [-0.05, 0) is 36.4 Å². The van der Waals surface area contributed by atoms with E-state index in [-0.39, 0.29) is 17.7 Å². The molecule has 128 valence electrons. The lowest BCUT2D eigenvalue weighted by Crippen LogP contribution is -2.22. The van der Waals surface area contributed by atoms with Crippen molar-refractivity contribution >= 4 is 40.9 Å². The molecule has 1 aliphatic rings. The Hall–Kier alpha value is -2.80. The van der Waals surface area contributed by atoms with E-state index in [1.165, 1.54) is 16.7 Å². The molecule has 3 rings (SSSR count). The number of fused-ring (bicyclic) bond motifs is 1. The van der Waals surface area contributed by atoms with E-state index < -0.39 is 0 Å². The molecule has 3 amide bonds. The third-order valence-electron chi connectivity index (χ3n) is 3.65. The standard InChI is InChI=1S/C18H17N3O3S/c1-21(2)18(24)12-4-3-5-13(8-12)19-17(23)11-6-7-15-14(9-11)20-16(22)10-25-15/h3-9H,10H2,1-2H3,(H,19,23)(H,20,22). The van der Waals surface area contributed by atoms with Gasteiger partial charge >= 0.3 is 0 Å². The van der Waals surface area contributed by atoms with Crippen molar-refractivity contribution in [3.63, 3.8) is 0 Å².